The Morgan fingerprint density at radius 3 is 2.27 bits per heavy atom. The molecule has 0 aromatic heterocycles. The lowest BCUT2D eigenvalue weighted by Gasteiger charge is -2.15. The number of carbonyl (C=O) groups is 2. The Labute approximate surface area is 153 Å². The summed E-state index contributed by atoms with van der Waals surface area (Å²) in [7, 11) is 3.87. The maximum absolute atomic E-state index is 12.2. The Hall–Kier alpha value is -2.86. The highest BCUT2D eigenvalue weighted by atomic mass is 16.4. The largest absolute Gasteiger partial charge is 0.480 e. The van der Waals surface area contributed by atoms with Crippen LogP contribution in [-0.2, 0) is 16.0 Å². The van der Waals surface area contributed by atoms with Gasteiger partial charge in [0, 0.05) is 25.5 Å². The minimum atomic E-state index is -1.03. The Morgan fingerprint density at radius 2 is 1.69 bits per heavy atom. The zero-order valence-corrected chi connectivity index (χ0v) is 15.1. The first-order valence-electron chi connectivity index (χ1n) is 8.53. The van der Waals surface area contributed by atoms with Crippen molar-refractivity contribution in [3.05, 3.63) is 60.2 Å². The summed E-state index contributed by atoms with van der Waals surface area (Å²) in [4.78, 5) is 25.5. The van der Waals surface area contributed by atoms with Crippen LogP contribution in [0.15, 0.2) is 54.6 Å². The molecular formula is C20H25N3O3. The number of amides is 1. The molecule has 2 rings (SSSR count). The lowest BCUT2D eigenvalue weighted by molar-refractivity contribution is -0.141. The molecule has 0 saturated carbocycles. The fourth-order valence-corrected chi connectivity index (χ4v) is 2.52. The molecule has 0 radical (unpaired) electrons. The zero-order valence-electron chi connectivity index (χ0n) is 15.1. The Kier molecular flexibility index (Phi) is 7.17. The molecule has 26 heavy (non-hydrogen) atoms. The molecule has 0 bridgehead atoms. The van der Waals surface area contributed by atoms with Gasteiger partial charge in [-0.25, -0.2) is 0 Å². The van der Waals surface area contributed by atoms with Crippen LogP contribution in [0.5, 0.6) is 0 Å². The molecule has 1 atom stereocenters. The summed E-state index contributed by atoms with van der Waals surface area (Å²) in [6, 6.07) is 16.3. The van der Waals surface area contributed by atoms with Gasteiger partial charge in [0.15, 0.2) is 0 Å². The maximum atomic E-state index is 12.2. The van der Waals surface area contributed by atoms with Crippen molar-refractivity contribution in [3.8, 4) is 0 Å². The van der Waals surface area contributed by atoms with Gasteiger partial charge in [0.1, 0.15) is 6.04 Å². The molecule has 6 heteroatoms. The van der Waals surface area contributed by atoms with Crippen molar-refractivity contribution >= 4 is 23.3 Å². The minimum Gasteiger partial charge on any atom is -0.480 e. The number of rotatable bonds is 9. The molecule has 1 amide bonds. The molecule has 2 aromatic rings. The van der Waals surface area contributed by atoms with Crippen molar-refractivity contribution < 1.29 is 14.7 Å². The molecule has 0 aliphatic carbocycles. The van der Waals surface area contributed by atoms with E-state index in [-0.39, 0.29) is 12.3 Å². The van der Waals surface area contributed by atoms with Crippen LogP contribution in [0.4, 0.5) is 11.4 Å². The number of nitrogens with zero attached hydrogens (tertiary/aromatic N) is 1. The van der Waals surface area contributed by atoms with Gasteiger partial charge in [0.05, 0.1) is 6.42 Å². The number of carbonyl (C=O) groups excluding carboxylic acids is 1. The van der Waals surface area contributed by atoms with Gasteiger partial charge in [-0.05, 0) is 42.8 Å². The molecule has 0 heterocycles. The molecule has 3 N–H and O–H groups in total. The van der Waals surface area contributed by atoms with E-state index >= 15 is 0 Å². The third-order valence-electron chi connectivity index (χ3n) is 4.00. The number of anilines is 2. The average Bonchev–Trinajstić information content (AvgIpc) is 2.62. The van der Waals surface area contributed by atoms with Crippen molar-refractivity contribution in [1.82, 2.24) is 5.32 Å². The Balaban J connectivity index is 1.84. The highest BCUT2D eigenvalue weighted by molar-refractivity contribution is 5.94. The normalized spacial score (nSPS) is 11.6. The molecule has 0 fully saturated rings. The summed E-state index contributed by atoms with van der Waals surface area (Å²) in [5, 5.41) is 15.0. The molecule has 2 aromatic carbocycles. The third-order valence-corrected chi connectivity index (χ3v) is 4.00. The topological polar surface area (TPSA) is 81.7 Å². The van der Waals surface area contributed by atoms with Gasteiger partial charge in [-0.15, -0.1) is 0 Å². The summed E-state index contributed by atoms with van der Waals surface area (Å²) in [6.07, 6.45) is 0.581. The predicted molar refractivity (Wildman–Crippen MR) is 104 cm³/mol. The van der Waals surface area contributed by atoms with Gasteiger partial charge < -0.3 is 20.6 Å². The number of hydrogen-bond acceptors (Lipinski definition) is 4. The minimum absolute atomic E-state index is 0.125. The zero-order chi connectivity index (χ0) is 18.9. The van der Waals surface area contributed by atoms with Crippen LogP contribution < -0.4 is 15.5 Å². The van der Waals surface area contributed by atoms with Crippen molar-refractivity contribution in [2.45, 2.75) is 18.9 Å². The molecule has 0 spiro atoms. The second-order valence-corrected chi connectivity index (χ2v) is 6.27. The highest BCUT2D eigenvalue weighted by Gasteiger charge is 2.20. The van der Waals surface area contributed by atoms with E-state index in [2.05, 4.69) is 10.6 Å². The number of aliphatic carboxylic acids is 1. The van der Waals surface area contributed by atoms with Gasteiger partial charge in [-0.2, -0.15) is 0 Å². The lowest BCUT2D eigenvalue weighted by Crippen LogP contribution is -2.40. The summed E-state index contributed by atoms with van der Waals surface area (Å²) >= 11 is 0. The van der Waals surface area contributed by atoms with Crippen LogP contribution in [0.25, 0.3) is 0 Å². The van der Waals surface area contributed by atoms with E-state index in [0.717, 1.165) is 11.3 Å². The molecular weight excluding hydrogens is 330 g/mol. The third kappa shape index (κ3) is 6.22. The van der Waals surface area contributed by atoms with Crippen LogP contribution in [0, 0.1) is 0 Å². The van der Waals surface area contributed by atoms with Crippen LogP contribution in [0.1, 0.15) is 12.0 Å². The summed E-state index contributed by atoms with van der Waals surface area (Å²) in [6.45, 7) is 0.492. The van der Waals surface area contributed by atoms with E-state index in [1.807, 2.05) is 61.5 Å². The number of hydrogen-bond donors (Lipinski definition) is 3. The van der Waals surface area contributed by atoms with Gasteiger partial charge in [-0.1, -0.05) is 30.3 Å². The van der Waals surface area contributed by atoms with Gasteiger partial charge in [0.2, 0.25) is 5.91 Å². The number of benzene rings is 2. The first kappa shape index (κ1) is 19.5. The van der Waals surface area contributed by atoms with Crippen LogP contribution >= 0.6 is 0 Å². The van der Waals surface area contributed by atoms with E-state index in [1.165, 1.54) is 0 Å². The first-order chi connectivity index (χ1) is 12.5. The van der Waals surface area contributed by atoms with Crippen LogP contribution in [-0.4, -0.2) is 43.7 Å². The average molecular weight is 355 g/mol. The monoisotopic (exact) mass is 355 g/mol. The summed E-state index contributed by atoms with van der Waals surface area (Å²) in [5.41, 5.74) is 2.79. The van der Waals surface area contributed by atoms with Crippen molar-refractivity contribution in [3.63, 3.8) is 0 Å². The molecule has 0 aliphatic rings. The summed E-state index contributed by atoms with van der Waals surface area (Å²) < 4.78 is 0. The van der Waals surface area contributed by atoms with E-state index in [4.69, 9.17) is 0 Å². The maximum Gasteiger partial charge on any atom is 0.321 e. The molecule has 0 unspecified atom stereocenters. The first-order valence-corrected chi connectivity index (χ1v) is 8.53. The molecule has 6 nitrogen and oxygen atoms in total. The van der Waals surface area contributed by atoms with E-state index in [1.54, 1.807) is 12.1 Å². The number of carboxylic acids is 1. The van der Waals surface area contributed by atoms with E-state index in [0.29, 0.717) is 18.7 Å². The smallest absolute Gasteiger partial charge is 0.321 e. The molecule has 138 valence electrons. The fourth-order valence-electron chi connectivity index (χ4n) is 2.52. The second-order valence-electron chi connectivity index (χ2n) is 6.27. The van der Waals surface area contributed by atoms with Crippen molar-refractivity contribution in [2.75, 3.05) is 30.9 Å². The van der Waals surface area contributed by atoms with Crippen molar-refractivity contribution in [2.24, 2.45) is 0 Å². The lowest BCUT2D eigenvalue weighted by atomic mass is 10.1. The van der Waals surface area contributed by atoms with Crippen LogP contribution in [0.2, 0.25) is 0 Å². The Bertz CT molecular complexity index is 715. The number of carboxylic acid groups (broad SMARTS) is 1. The second kappa shape index (κ2) is 9.58. The highest BCUT2D eigenvalue weighted by Crippen LogP contribution is 2.16. The quantitative estimate of drug-likeness (QED) is 0.643. The molecule has 0 aliphatic heterocycles. The van der Waals surface area contributed by atoms with Gasteiger partial charge >= 0.3 is 5.97 Å². The Morgan fingerprint density at radius 1 is 1.04 bits per heavy atom. The van der Waals surface area contributed by atoms with E-state index < -0.39 is 12.0 Å². The van der Waals surface area contributed by atoms with Gasteiger partial charge in [-0.3, -0.25) is 9.59 Å². The van der Waals surface area contributed by atoms with Gasteiger partial charge in [0.25, 0.3) is 0 Å². The summed E-state index contributed by atoms with van der Waals surface area (Å²) in [5.74, 6) is -1.36. The number of nitrogens with one attached hydrogen (secondary N) is 2. The fraction of sp³-hybridized carbons (Fsp3) is 0.300. The van der Waals surface area contributed by atoms with E-state index in [9.17, 15) is 14.7 Å². The molecule has 0 saturated heterocycles. The van der Waals surface area contributed by atoms with Crippen LogP contribution in [0.3, 0.4) is 0 Å². The standard InChI is InChI=1S/C20H25N3O3/c1-23(2)17-10-8-16(9-11-17)22-19(24)14-18(20(25)26)21-13-12-15-6-4-3-5-7-15/h3-11,18,21H,12-14H2,1-2H3,(H,22,24)(H,25,26)/t18-/m1/s1. The SMILES string of the molecule is CN(C)c1ccc(NC(=O)C[C@@H](NCCc2ccccc2)C(=O)O)cc1. The predicted octanol–water partition coefficient (Wildman–Crippen LogP) is 2.37. The van der Waals surface area contributed by atoms with Crippen molar-refractivity contribution in [1.29, 1.82) is 0 Å².